The number of nitrogens with zero attached hydrogens (tertiary/aromatic N) is 2. The van der Waals surface area contributed by atoms with Crippen LogP contribution in [0.2, 0.25) is 0 Å². The molecule has 1 unspecified atom stereocenters. The number of hydrogen-bond donors (Lipinski definition) is 0. The lowest BCUT2D eigenvalue weighted by atomic mass is 10.2. The van der Waals surface area contributed by atoms with Gasteiger partial charge in [-0.05, 0) is 34.7 Å². The van der Waals surface area contributed by atoms with Crippen molar-refractivity contribution in [2.24, 2.45) is 0 Å². The molecule has 0 aromatic rings. The van der Waals surface area contributed by atoms with E-state index in [0.717, 1.165) is 13.2 Å². The standard InChI is InChI=1S/C11H22N2O/c1-10(6-7-12)13(5)8-9-14-11(2,3)4/h10H,6,8-9H2,1-5H3. The van der Waals surface area contributed by atoms with Crippen LogP contribution in [0.15, 0.2) is 0 Å². The Morgan fingerprint density at radius 1 is 1.43 bits per heavy atom. The number of rotatable bonds is 5. The molecule has 0 aliphatic heterocycles. The Kier molecular flexibility index (Phi) is 5.75. The summed E-state index contributed by atoms with van der Waals surface area (Å²) in [6.45, 7) is 9.79. The second-order valence-electron chi connectivity index (χ2n) is 4.65. The monoisotopic (exact) mass is 198 g/mol. The van der Waals surface area contributed by atoms with Crippen LogP contribution in [0.1, 0.15) is 34.1 Å². The second-order valence-corrected chi connectivity index (χ2v) is 4.65. The minimum Gasteiger partial charge on any atom is -0.375 e. The third-order valence-corrected chi connectivity index (χ3v) is 2.12. The maximum Gasteiger partial charge on any atom is 0.0638 e. The molecule has 0 fully saturated rings. The molecule has 0 amide bonds. The van der Waals surface area contributed by atoms with Gasteiger partial charge in [0.25, 0.3) is 0 Å². The maximum atomic E-state index is 8.53. The Balaban J connectivity index is 3.64. The molecule has 0 bridgehead atoms. The zero-order valence-corrected chi connectivity index (χ0v) is 10.0. The molecule has 0 N–H and O–H groups in total. The quantitative estimate of drug-likeness (QED) is 0.678. The summed E-state index contributed by atoms with van der Waals surface area (Å²) in [7, 11) is 2.02. The van der Waals surface area contributed by atoms with Crippen molar-refractivity contribution in [2.75, 3.05) is 20.2 Å². The van der Waals surface area contributed by atoms with Crippen molar-refractivity contribution < 1.29 is 4.74 Å². The van der Waals surface area contributed by atoms with Crippen molar-refractivity contribution in [1.29, 1.82) is 5.26 Å². The number of hydrogen-bond acceptors (Lipinski definition) is 3. The molecular formula is C11H22N2O. The molecule has 0 aliphatic carbocycles. The minimum atomic E-state index is -0.0701. The van der Waals surface area contributed by atoms with Gasteiger partial charge >= 0.3 is 0 Å². The van der Waals surface area contributed by atoms with Gasteiger partial charge in [-0.15, -0.1) is 0 Å². The smallest absolute Gasteiger partial charge is 0.0638 e. The van der Waals surface area contributed by atoms with E-state index in [4.69, 9.17) is 10.00 Å². The Hall–Kier alpha value is -0.590. The van der Waals surface area contributed by atoms with E-state index < -0.39 is 0 Å². The average molecular weight is 198 g/mol. The Labute approximate surface area is 87.7 Å². The van der Waals surface area contributed by atoms with Gasteiger partial charge in [-0.25, -0.2) is 0 Å². The van der Waals surface area contributed by atoms with Crippen LogP contribution in [0.25, 0.3) is 0 Å². The number of nitriles is 1. The van der Waals surface area contributed by atoms with E-state index in [9.17, 15) is 0 Å². The molecule has 0 aliphatic rings. The van der Waals surface area contributed by atoms with Crippen molar-refractivity contribution in [3.05, 3.63) is 0 Å². The Morgan fingerprint density at radius 2 is 2.00 bits per heavy atom. The average Bonchev–Trinajstić information content (AvgIpc) is 2.02. The highest BCUT2D eigenvalue weighted by atomic mass is 16.5. The highest BCUT2D eigenvalue weighted by Gasteiger charge is 2.12. The fourth-order valence-electron chi connectivity index (χ4n) is 1.00. The van der Waals surface area contributed by atoms with Crippen molar-refractivity contribution >= 4 is 0 Å². The summed E-state index contributed by atoms with van der Waals surface area (Å²) in [5.41, 5.74) is -0.0701. The summed E-state index contributed by atoms with van der Waals surface area (Å²) >= 11 is 0. The van der Waals surface area contributed by atoms with Gasteiger partial charge in [0.2, 0.25) is 0 Å². The summed E-state index contributed by atoms with van der Waals surface area (Å²) in [5, 5.41) is 8.53. The predicted molar refractivity (Wildman–Crippen MR) is 58.0 cm³/mol. The second kappa shape index (κ2) is 6.00. The SMILES string of the molecule is CC(CC#N)N(C)CCOC(C)(C)C. The lowest BCUT2D eigenvalue weighted by molar-refractivity contribution is -0.0136. The van der Waals surface area contributed by atoms with E-state index in [-0.39, 0.29) is 5.60 Å². The molecule has 0 heterocycles. The lowest BCUT2D eigenvalue weighted by Crippen LogP contribution is -2.33. The maximum absolute atomic E-state index is 8.53. The van der Waals surface area contributed by atoms with Gasteiger partial charge in [-0.1, -0.05) is 0 Å². The minimum absolute atomic E-state index is 0.0701. The van der Waals surface area contributed by atoms with E-state index in [1.54, 1.807) is 0 Å². The topological polar surface area (TPSA) is 36.3 Å². The molecule has 0 radical (unpaired) electrons. The first-order valence-electron chi connectivity index (χ1n) is 5.08. The van der Waals surface area contributed by atoms with Gasteiger partial charge in [-0.2, -0.15) is 5.26 Å². The van der Waals surface area contributed by atoms with Gasteiger partial charge in [-0.3, -0.25) is 0 Å². The van der Waals surface area contributed by atoms with Crippen LogP contribution < -0.4 is 0 Å². The van der Waals surface area contributed by atoms with Gasteiger partial charge in [0, 0.05) is 12.6 Å². The van der Waals surface area contributed by atoms with E-state index in [1.165, 1.54) is 0 Å². The molecule has 1 atom stereocenters. The largest absolute Gasteiger partial charge is 0.375 e. The summed E-state index contributed by atoms with van der Waals surface area (Å²) in [4.78, 5) is 2.15. The van der Waals surface area contributed by atoms with Crippen LogP contribution in [0.3, 0.4) is 0 Å². The molecule has 0 spiro atoms. The van der Waals surface area contributed by atoms with Crippen LogP contribution >= 0.6 is 0 Å². The van der Waals surface area contributed by atoms with Crippen LogP contribution in [-0.2, 0) is 4.74 Å². The van der Waals surface area contributed by atoms with Crippen molar-refractivity contribution in [3.8, 4) is 6.07 Å². The van der Waals surface area contributed by atoms with Crippen molar-refractivity contribution in [2.45, 2.75) is 45.8 Å². The highest BCUT2D eigenvalue weighted by molar-refractivity contribution is 4.78. The van der Waals surface area contributed by atoms with Gasteiger partial charge in [0.05, 0.1) is 24.7 Å². The number of ether oxygens (including phenoxy) is 1. The van der Waals surface area contributed by atoms with Gasteiger partial charge in [0.15, 0.2) is 0 Å². The highest BCUT2D eigenvalue weighted by Crippen LogP contribution is 2.07. The molecule has 0 saturated heterocycles. The van der Waals surface area contributed by atoms with Crippen LogP contribution in [0, 0.1) is 11.3 Å². The van der Waals surface area contributed by atoms with Crippen molar-refractivity contribution in [3.63, 3.8) is 0 Å². The first-order valence-corrected chi connectivity index (χ1v) is 5.08. The first-order chi connectivity index (χ1) is 6.37. The molecule has 0 saturated carbocycles. The fraction of sp³-hybridized carbons (Fsp3) is 0.909. The van der Waals surface area contributed by atoms with E-state index >= 15 is 0 Å². The number of likely N-dealkylation sites (N-methyl/N-ethyl adjacent to an activating group) is 1. The van der Waals surface area contributed by atoms with E-state index in [0.29, 0.717) is 12.5 Å². The van der Waals surface area contributed by atoms with Crippen LogP contribution in [-0.4, -0.2) is 36.7 Å². The summed E-state index contributed by atoms with van der Waals surface area (Å²) < 4.78 is 5.60. The van der Waals surface area contributed by atoms with Gasteiger partial charge < -0.3 is 9.64 Å². The zero-order valence-electron chi connectivity index (χ0n) is 10.0. The molecule has 0 aromatic heterocycles. The van der Waals surface area contributed by atoms with Crippen LogP contribution in [0.5, 0.6) is 0 Å². The fourth-order valence-corrected chi connectivity index (χ4v) is 1.00. The van der Waals surface area contributed by atoms with Crippen LogP contribution in [0.4, 0.5) is 0 Å². The molecule has 3 heteroatoms. The molecule has 82 valence electrons. The molecular weight excluding hydrogens is 176 g/mol. The Bertz CT molecular complexity index is 190. The normalized spacial score (nSPS) is 14.1. The summed E-state index contributed by atoms with van der Waals surface area (Å²) in [5.74, 6) is 0. The van der Waals surface area contributed by atoms with Crippen molar-refractivity contribution in [1.82, 2.24) is 4.90 Å². The molecule has 3 nitrogen and oxygen atoms in total. The third kappa shape index (κ3) is 6.88. The molecule has 0 aromatic carbocycles. The lowest BCUT2D eigenvalue weighted by Gasteiger charge is -2.25. The van der Waals surface area contributed by atoms with Gasteiger partial charge in [0.1, 0.15) is 0 Å². The molecule has 14 heavy (non-hydrogen) atoms. The summed E-state index contributed by atoms with van der Waals surface area (Å²) in [6.07, 6.45) is 0.575. The first kappa shape index (κ1) is 13.4. The summed E-state index contributed by atoms with van der Waals surface area (Å²) in [6, 6.07) is 2.48. The zero-order chi connectivity index (χ0) is 11.2. The van der Waals surface area contributed by atoms with E-state index in [1.807, 2.05) is 27.8 Å². The third-order valence-electron chi connectivity index (χ3n) is 2.12. The predicted octanol–water partition coefficient (Wildman–Crippen LogP) is 2.04. The molecule has 0 rings (SSSR count). The van der Waals surface area contributed by atoms with E-state index in [2.05, 4.69) is 17.9 Å². The Morgan fingerprint density at radius 3 is 2.43 bits per heavy atom.